The van der Waals surface area contributed by atoms with Gasteiger partial charge in [-0.05, 0) is 41.1 Å². The summed E-state index contributed by atoms with van der Waals surface area (Å²) in [6, 6.07) is 5.29. The van der Waals surface area contributed by atoms with Gasteiger partial charge in [-0.1, -0.05) is 11.6 Å². The normalized spacial score (nSPS) is 10.4. The summed E-state index contributed by atoms with van der Waals surface area (Å²) in [5.74, 6) is 0.345. The Morgan fingerprint density at radius 2 is 2.28 bits per heavy atom. The number of tetrazole rings is 1. The largest absolute Gasteiger partial charge is 0.325 e. The second kappa shape index (κ2) is 5.14. The summed E-state index contributed by atoms with van der Waals surface area (Å²) in [6.45, 7) is 1.88. The van der Waals surface area contributed by atoms with Gasteiger partial charge in [-0.3, -0.25) is 4.79 Å². The number of aromatic nitrogens is 4. The van der Waals surface area contributed by atoms with Crippen LogP contribution in [0, 0.1) is 6.92 Å². The fourth-order valence-electron chi connectivity index (χ4n) is 1.50. The number of anilines is 1. The molecule has 0 saturated heterocycles. The highest BCUT2D eigenvalue weighted by Crippen LogP contribution is 2.19. The van der Waals surface area contributed by atoms with Crippen molar-refractivity contribution in [1.82, 2.24) is 20.2 Å². The Kier molecular flexibility index (Phi) is 3.57. The van der Waals surface area contributed by atoms with Crippen molar-refractivity contribution in [3.8, 4) is 0 Å². The third-order valence-corrected chi connectivity index (χ3v) is 2.72. The fourth-order valence-corrected chi connectivity index (χ4v) is 1.73. The number of carbonyl (C=O) groups excluding carboxylic acids is 1. The SMILES string of the molecule is Cc1cc(Cl)ccc1NC(=O)Cc1nnnn1C. The molecule has 1 amide bonds. The molecule has 1 aromatic heterocycles. The minimum atomic E-state index is -0.168. The van der Waals surface area contributed by atoms with Crippen molar-refractivity contribution in [3.63, 3.8) is 0 Å². The van der Waals surface area contributed by atoms with E-state index < -0.39 is 0 Å². The van der Waals surface area contributed by atoms with E-state index in [4.69, 9.17) is 11.6 Å². The van der Waals surface area contributed by atoms with Gasteiger partial charge in [-0.2, -0.15) is 0 Å². The van der Waals surface area contributed by atoms with Crippen molar-refractivity contribution in [2.45, 2.75) is 13.3 Å². The molecule has 7 heteroatoms. The molecule has 0 radical (unpaired) electrons. The Balaban J connectivity index is 2.05. The molecule has 0 fully saturated rings. The molecule has 2 rings (SSSR count). The van der Waals surface area contributed by atoms with Crippen molar-refractivity contribution in [2.24, 2.45) is 7.05 Å². The number of rotatable bonds is 3. The van der Waals surface area contributed by atoms with E-state index in [2.05, 4.69) is 20.8 Å². The monoisotopic (exact) mass is 265 g/mol. The minimum absolute atomic E-state index is 0.131. The molecule has 2 aromatic rings. The van der Waals surface area contributed by atoms with E-state index in [0.29, 0.717) is 10.8 Å². The lowest BCUT2D eigenvalue weighted by Crippen LogP contribution is -2.17. The summed E-state index contributed by atoms with van der Waals surface area (Å²) in [5, 5.41) is 14.3. The van der Waals surface area contributed by atoms with Crippen molar-refractivity contribution in [1.29, 1.82) is 0 Å². The van der Waals surface area contributed by atoms with E-state index in [1.54, 1.807) is 25.2 Å². The molecule has 1 aromatic carbocycles. The van der Waals surface area contributed by atoms with Crippen LogP contribution in [-0.2, 0) is 18.3 Å². The average Bonchev–Trinajstić information content (AvgIpc) is 2.69. The summed E-state index contributed by atoms with van der Waals surface area (Å²) in [6.07, 6.45) is 0.131. The van der Waals surface area contributed by atoms with E-state index in [1.165, 1.54) is 4.68 Å². The molecule has 1 N–H and O–H groups in total. The second-order valence-electron chi connectivity index (χ2n) is 3.90. The molecule has 0 aliphatic carbocycles. The summed E-state index contributed by atoms with van der Waals surface area (Å²) in [5.41, 5.74) is 1.64. The van der Waals surface area contributed by atoms with Crippen LogP contribution in [-0.4, -0.2) is 26.1 Å². The van der Waals surface area contributed by atoms with Gasteiger partial charge in [0, 0.05) is 17.8 Å². The summed E-state index contributed by atoms with van der Waals surface area (Å²) in [7, 11) is 1.69. The summed E-state index contributed by atoms with van der Waals surface area (Å²) >= 11 is 5.85. The maximum Gasteiger partial charge on any atom is 0.232 e. The minimum Gasteiger partial charge on any atom is -0.325 e. The third kappa shape index (κ3) is 2.84. The Morgan fingerprint density at radius 3 is 2.89 bits per heavy atom. The molecule has 0 saturated carbocycles. The lowest BCUT2D eigenvalue weighted by Gasteiger charge is -2.08. The molecule has 0 aliphatic rings. The molecule has 0 aliphatic heterocycles. The van der Waals surface area contributed by atoms with Gasteiger partial charge in [0.25, 0.3) is 0 Å². The molecule has 0 bridgehead atoms. The first-order valence-corrected chi connectivity index (χ1v) is 5.71. The van der Waals surface area contributed by atoms with E-state index in [1.807, 2.05) is 6.92 Å². The molecular formula is C11H12ClN5O. The molecule has 6 nitrogen and oxygen atoms in total. The number of aryl methyl sites for hydroxylation is 2. The van der Waals surface area contributed by atoms with Crippen molar-refractivity contribution in [2.75, 3.05) is 5.32 Å². The standard InChI is InChI=1S/C11H12ClN5O/c1-7-5-8(12)3-4-9(7)13-11(18)6-10-14-15-16-17(10)2/h3-5H,6H2,1-2H3,(H,13,18). The Labute approximate surface area is 109 Å². The van der Waals surface area contributed by atoms with E-state index in [0.717, 1.165) is 11.3 Å². The first kappa shape index (κ1) is 12.5. The molecule has 0 unspecified atom stereocenters. The zero-order chi connectivity index (χ0) is 13.1. The number of hydrogen-bond acceptors (Lipinski definition) is 4. The average molecular weight is 266 g/mol. The van der Waals surface area contributed by atoms with Crippen molar-refractivity contribution >= 4 is 23.2 Å². The third-order valence-electron chi connectivity index (χ3n) is 2.49. The molecule has 18 heavy (non-hydrogen) atoms. The van der Waals surface area contributed by atoms with Gasteiger partial charge >= 0.3 is 0 Å². The van der Waals surface area contributed by atoms with Crippen molar-refractivity contribution in [3.05, 3.63) is 34.6 Å². The Hall–Kier alpha value is -1.95. The fraction of sp³-hybridized carbons (Fsp3) is 0.273. The summed E-state index contributed by atoms with van der Waals surface area (Å²) in [4.78, 5) is 11.8. The number of halogens is 1. The number of hydrogen-bond donors (Lipinski definition) is 1. The van der Waals surface area contributed by atoms with Crippen LogP contribution in [0.15, 0.2) is 18.2 Å². The van der Waals surface area contributed by atoms with Crippen molar-refractivity contribution < 1.29 is 4.79 Å². The quantitative estimate of drug-likeness (QED) is 0.909. The summed E-state index contributed by atoms with van der Waals surface area (Å²) < 4.78 is 1.47. The van der Waals surface area contributed by atoms with Crippen LogP contribution in [0.2, 0.25) is 5.02 Å². The van der Waals surface area contributed by atoms with Crippen LogP contribution in [0.5, 0.6) is 0 Å². The lowest BCUT2D eigenvalue weighted by molar-refractivity contribution is -0.115. The molecular weight excluding hydrogens is 254 g/mol. The van der Waals surface area contributed by atoms with E-state index in [-0.39, 0.29) is 12.3 Å². The van der Waals surface area contributed by atoms with E-state index in [9.17, 15) is 4.79 Å². The van der Waals surface area contributed by atoms with Gasteiger partial charge < -0.3 is 5.32 Å². The van der Waals surface area contributed by atoms with Gasteiger partial charge in [-0.15, -0.1) is 5.10 Å². The lowest BCUT2D eigenvalue weighted by atomic mass is 10.2. The maximum absolute atomic E-state index is 11.8. The highest BCUT2D eigenvalue weighted by atomic mass is 35.5. The number of nitrogens with zero attached hydrogens (tertiary/aromatic N) is 4. The zero-order valence-electron chi connectivity index (χ0n) is 10.0. The number of benzene rings is 1. The first-order chi connectivity index (χ1) is 8.56. The van der Waals surface area contributed by atoms with Crippen LogP contribution in [0.1, 0.15) is 11.4 Å². The van der Waals surface area contributed by atoms with E-state index >= 15 is 0 Å². The topological polar surface area (TPSA) is 72.7 Å². The maximum atomic E-state index is 11.8. The molecule has 94 valence electrons. The highest BCUT2D eigenvalue weighted by Gasteiger charge is 2.10. The Bertz CT molecular complexity index is 581. The first-order valence-electron chi connectivity index (χ1n) is 5.33. The van der Waals surface area contributed by atoms with Crippen LogP contribution in [0.3, 0.4) is 0 Å². The number of carbonyl (C=O) groups is 1. The molecule has 0 atom stereocenters. The van der Waals surface area contributed by atoms with Gasteiger partial charge in [0.1, 0.15) is 0 Å². The van der Waals surface area contributed by atoms with Gasteiger partial charge in [0.15, 0.2) is 5.82 Å². The number of amides is 1. The second-order valence-corrected chi connectivity index (χ2v) is 4.34. The predicted octanol–water partition coefficient (Wildman–Crippen LogP) is 1.35. The zero-order valence-corrected chi connectivity index (χ0v) is 10.8. The predicted molar refractivity (Wildman–Crippen MR) is 67.3 cm³/mol. The van der Waals surface area contributed by atoms with Crippen LogP contribution in [0.25, 0.3) is 0 Å². The molecule has 0 spiro atoms. The Morgan fingerprint density at radius 1 is 1.50 bits per heavy atom. The smallest absolute Gasteiger partial charge is 0.232 e. The van der Waals surface area contributed by atoms with Gasteiger partial charge in [0.2, 0.25) is 5.91 Å². The van der Waals surface area contributed by atoms with Crippen LogP contribution >= 0.6 is 11.6 Å². The van der Waals surface area contributed by atoms with Crippen LogP contribution < -0.4 is 5.32 Å². The molecule has 1 heterocycles. The van der Waals surface area contributed by atoms with Gasteiger partial charge in [0.05, 0.1) is 6.42 Å². The van der Waals surface area contributed by atoms with Gasteiger partial charge in [-0.25, -0.2) is 4.68 Å². The van der Waals surface area contributed by atoms with Crippen LogP contribution in [0.4, 0.5) is 5.69 Å². The highest BCUT2D eigenvalue weighted by molar-refractivity contribution is 6.30. The number of nitrogens with one attached hydrogen (secondary N) is 1.